The molecule has 6 heteroatoms. The number of benzene rings is 1. The second-order valence-corrected chi connectivity index (χ2v) is 4.85. The molecule has 2 amide bonds. The number of anilines is 1. The number of carbonyl (C=O) groups is 2. The Bertz CT molecular complexity index is 501. The van der Waals surface area contributed by atoms with Crippen LogP contribution in [0.15, 0.2) is 18.2 Å². The molecule has 0 saturated heterocycles. The summed E-state index contributed by atoms with van der Waals surface area (Å²) < 4.78 is 0. The molecule has 1 aromatic rings. The number of nitrogens with zero attached hydrogens (tertiary/aromatic N) is 1. The maximum atomic E-state index is 12.1. The first-order valence-corrected chi connectivity index (χ1v) is 6.93. The van der Waals surface area contributed by atoms with E-state index in [1.165, 1.54) is 6.07 Å². The summed E-state index contributed by atoms with van der Waals surface area (Å²) in [6.07, 6.45) is 0. The first kappa shape index (κ1) is 16.3. The molecule has 0 saturated carbocycles. The SMILES string of the molecule is CCN(CC)C(=O)C(C)NC(=O)c1ccc(N)cc1Cl. The molecule has 3 N–H and O–H groups in total. The van der Waals surface area contributed by atoms with E-state index < -0.39 is 6.04 Å². The van der Waals surface area contributed by atoms with Crippen LogP contribution in [0.25, 0.3) is 0 Å². The van der Waals surface area contributed by atoms with Crippen molar-refractivity contribution in [1.82, 2.24) is 10.2 Å². The minimum absolute atomic E-state index is 0.116. The van der Waals surface area contributed by atoms with Gasteiger partial charge in [-0.2, -0.15) is 0 Å². The standard InChI is InChI=1S/C14H20ClN3O2/c1-4-18(5-2)14(20)9(3)17-13(19)11-7-6-10(16)8-12(11)15/h6-9H,4-5,16H2,1-3H3,(H,17,19). The van der Waals surface area contributed by atoms with Gasteiger partial charge in [-0.25, -0.2) is 0 Å². The van der Waals surface area contributed by atoms with E-state index in [4.69, 9.17) is 17.3 Å². The van der Waals surface area contributed by atoms with E-state index in [-0.39, 0.29) is 16.8 Å². The van der Waals surface area contributed by atoms with Crippen molar-refractivity contribution in [2.24, 2.45) is 0 Å². The number of rotatable bonds is 5. The Kier molecular flexibility index (Phi) is 5.82. The summed E-state index contributed by atoms with van der Waals surface area (Å²) >= 11 is 5.97. The third kappa shape index (κ3) is 3.87. The quantitative estimate of drug-likeness (QED) is 0.815. The molecular formula is C14H20ClN3O2. The summed E-state index contributed by atoms with van der Waals surface area (Å²) in [6, 6.07) is 4.04. The highest BCUT2D eigenvalue weighted by atomic mass is 35.5. The predicted octanol–water partition coefficient (Wildman–Crippen LogP) is 1.91. The van der Waals surface area contributed by atoms with Gasteiger partial charge in [0.05, 0.1) is 10.6 Å². The van der Waals surface area contributed by atoms with Crippen LogP contribution >= 0.6 is 11.6 Å². The van der Waals surface area contributed by atoms with Crippen molar-refractivity contribution in [3.63, 3.8) is 0 Å². The molecule has 1 aromatic carbocycles. The van der Waals surface area contributed by atoms with Gasteiger partial charge in [-0.05, 0) is 39.0 Å². The minimum atomic E-state index is -0.601. The molecule has 20 heavy (non-hydrogen) atoms. The van der Waals surface area contributed by atoms with Crippen molar-refractivity contribution >= 4 is 29.1 Å². The Labute approximate surface area is 124 Å². The highest BCUT2D eigenvalue weighted by molar-refractivity contribution is 6.34. The molecule has 0 fully saturated rings. The number of likely N-dealkylation sites (N-methyl/N-ethyl adjacent to an activating group) is 1. The lowest BCUT2D eigenvalue weighted by Gasteiger charge is -2.23. The predicted molar refractivity (Wildman–Crippen MR) is 80.7 cm³/mol. The molecule has 1 atom stereocenters. The van der Waals surface area contributed by atoms with Gasteiger partial charge in [-0.3, -0.25) is 9.59 Å². The molecule has 0 aliphatic carbocycles. The monoisotopic (exact) mass is 297 g/mol. The molecule has 0 aliphatic rings. The van der Waals surface area contributed by atoms with Crippen molar-refractivity contribution in [3.8, 4) is 0 Å². The van der Waals surface area contributed by atoms with Gasteiger partial charge in [-0.1, -0.05) is 11.6 Å². The third-order valence-corrected chi connectivity index (χ3v) is 3.34. The number of halogens is 1. The van der Waals surface area contributed by atoms with Crippen LogP contribution in [0.1, 0.15) is 31.1 Å². The first-order chi connectivity index (χ1) is 9.40. The van der Waals surface area contributed by atoms with Gasteiger partial charge in [0.2, 0.25) is 5.91 Å². The molecule has 1 unspecified atom stereocenters. The third-order valence-electron chi connectivity index (χ3n) is 3.03. The summed E-state index contributed by atoms with van der Waals surface area (Å²) in [5.41, 5.74) is 6.37. The van der Waals surface area contributed by atoms with Crippen LogP contribution in [0.3, 0.4) is 0 Å². The maximum Gasteiger partial charge on any atom is 0.253 e. The Balaban J connectivity index is 2.77. The van der Waals surface area contributed by atoms with Crippen LogP contribution in [0, 0.1) is 0 Å². The highest BCUT2D eigenvalue weighted by Crippen LogP contribution is 2.19. The lowest BCUT2D eigenvalue weighted by atomic mass is 10.1. The lowest BCUT2D eigenvalue weighted by Crippen LogP contribution is -2.46. The smallest absolute Gasteiger partial charge is 0.253 e. The molecule has 0 aromatic heterocycles. The number of hydrogen-bond acceptors (Lipinski definition) is 3. The molecule has 0 aliphatic heterocycles. The summed E-state index contributed by atoms with van der Waals surface area (Å²) in [6.45, 7) is 6.67. The fraction of sp³-hybridized carbons (Fsp3) is 0.429. The van der Waals surface area contributed by atoms with Gasteiger partial charge in [0.25, 0.3) is 5.91 Å². The van der Waals surface area contributed by atoms with Crippen molar-refractivity contribution in [3.05, 3.63) is 28.8 Å². The van der Waals surface area contributed by atoms with Crippen molar-refractivity contribution in [2.75, 3.05) is 18.8 Å². The number of nitrogens with one attached hydrogen (secondary N) is 1. The fourth-order valence-electron chi connectivity index (χ4n) is 1.86. The Morgan fingerprint density at radius 1 is 1.35 bits per heavy atom. The highest BCUT2D eigenvalue weighted by Gasteiger charge is 2.21. The van der Waals surface area contributed by atoms with E-state index in [2.05, 4.69) is 5.32 Å². The zero-order valence-corrected chi connectivity index (χ0v) is 12.7. The Morgan fingerprint density at radius 3 is 2.45 bits per heavy atom. The number of nitrogen functional groups attached to an aromatic ring is 1. The zero-order chi connectivity index (χ0) is 15.3. The van der Waals surface area contributed by atoms with E-state index in [9.17, 15) is 9.59 Å². The van der Waals surface area contributed by atoms with Crippen LogP contribution in [-0.2, 0) is 4.79 Å². The van der Waals surface area contributed by atoms with Gasteiger partial charge < -0.3 is 16.0 Å². The number of amides is 2. The number of carbonyl (C=O) groups excluding carboxylic acids is 2. The van der Waals surface area contributed by atoms with E-state index >= 15 is 0 Å². The fourth-order valence-corrected chi connectivity index (χ4v) is 2.14. The van der Waals surface area contributed by atoms with E-state index in [0.29, 0.717) is 24.3 Å². The average molecular weight is 298 g/mol. The van der Waals surface area contributed by atoms with Gasteiger partial charge >= 0.3 is 0 Å². The van der Waals surface area contributed by atoms with Crippen LogP contribution in [0.5, 0.6) is 0 Å². The van der Waals surface area contributed by atoms with E-state index in [0.717, 1.165) is 0 Å². The van der Waals surface area contributed by atoms with Crippen LogP contribution in [0.2, 0.25) is 5.02 Å². The van der Waals surface area contributed by atoms with Crippen molar-refractivity contribution in [1.29, 1.82) is 0 Å². The molecule has 1 rings (SSSR count). The van der Waals surface area contributed by atoms with Crippen molar-refractivity contribution in [2.45, 2.75) is 26.8 Å². The van der Waals surface area contributed by atoms with Gasteiger partial charge in [0.1, 0.15) is 6.04 Å². The molecule has 110 valence electrons. The Hall–Kier alpha value is -1.75. The van der Waals surface area contributed by atoms with Crippen LogP contribution < -0.4 is 11.1 Å². The molecule has 5 nitrogen and oxygen atoms in total. The number of hydrogen-bond donors (Lipinski definition) is 2. The van der Waals surface area contributed by atoms with Crippen LogP contribution in [0.4, 0.5) is 5.69 Å². The van der Waals surface area contributed by atoms with E-state index in [1.54, 1.807) is 24.0 Å². The van der Waals surface area contributed by atoms with Gasteiger partial charge in [-0.15, -0.1) is 0 Å². The maximum absolute atomic E-state index is 12.1. The number of nitrogens with two attached hydrogens (primary N) is 1. The van der Waals surface area contributed by atoms with Crippen LogP contribution in [-0.4, -0.2) is 35.8 Å². The van der Waals surface area contributed by atoms with Gasteiger partial charge in [0.15, 0.2) is 0 Å². The second kappa shape index (κ2) is 7.14. The summed E-state index contributed by atoms with van der Waals surface area (Å²) in [4.78, 5) is 25.8. The minimum Gasteiger partial charge on any atom is -0.399 e. The van der Waals surface area contributed by atoms with E-state index in [1.807, 2.05) is 13.8 Å². The normalized spacial score (nSPS) is 11.8. The molecule has 0 spiro atoms. The summed E-state index contributed by atoms with van der Waals surface area (Å²) in [5.74, 6) is -0.502. The molecular weight excluding hydrogens is 278 g/mol. The summed E-state index contributed by atoms with van der Waals surface area (Å²) in [5, 5.41) is 2.92. The summed E-state index contributed by atoms with van der Waals surface area (Å²) in [7, 11) is 0. The molecule has 0 radical (unpaired) electrons. The molecule has 0 heterocycles. The first-order valence-electron chi connectivity index (χ1n) is 6.55. The lowest BCUT2D eigenvalue weighted by molar-refractivity contribution is -0.132. The average Bonchev–Trinajstić information content (AvgIpc) is 2.39. The largest absolute Gasteiger partial charge is 0.399 e. The zero-order valence-electron chi connectivity index (χ0n) is 11.9. The topological polar surface area (TPSA) is 75.4 Å². The Morgan fingerprint density at radius 2 is 1.95 bits per heavy atom. The molecule has 0 bridgehead atoms. The van der Waals surface area contributed by atoms with Gasteiger partial charge in [0, 0.05) is 18.8 Å². The second-order valence-electron chi connectivity index (χ2n) is 4.44. The van der Waals surface area contributed by atoms with Crippen molar-refractivity contribution < 1.29 is 9.59 Å².